The van der Waals surface area contributed by atoms with Crippen LogP contribution in [0.2, 0.25) is 0 Å². The van der Waals surface area contributed by atoms with Crippen LogP contribution in [-0.2, 0) is 36.7 Å². The van der Waals surface area contributed by atoms with Gasteiger partial charge in [-0.2, -0.15) is 0 Å². The van der Waals surface area contributed by atoms with Crippen LogP contribution in [0.25, 0.3) is 43.2 Å². The summed E-state index contributed by atoms with van der Waals surface area (Å²) < 4.78 is 1.24. The van der Waals surface area contributed by atoms with Gasteiger partial charge in [-0.1, -0.05) is 97.5 Å². The Labute approximate surface area is 311 Å². The summed E-state index contributed by atoms with van der Waals surface area (Å²) in [5.41, 5.74) is 5.63. The molecule has 0 saturated heterocycles. The number of pyridine rings is 2. The standard InChI is InChI=1S/C30H29N2S.C13H24O2.Ir/c1-19(2)12-23-16-25-26(17-31-18-29(25)33-23)21-10-11-32-28(15-21)22-13-20-8-6-7-9-24(20)27(14-22)30(3,4)5;1-5-10(6-2)12(14)9-13(15)11(7-3)8-4;/h6-11,14-19H,12H2,1-5H3;9-11,14H,5-8H2,1-4H3;/q-1;;/b;12-9-;. The predicted molar refractivity (Wildman–Crippen MR) is 206 cm³/mol. The van der Waals surface area contributed by atoms with Gasteiger partial charge in [-0.05, 0) is 61.1 Å². The van der Waals surface area contributed by atoms with Gasteiger partial charge in [0.25, 0.3) is 0 Å². The molecule has 0 spiro atoms. The van der Waals surface area contributed by atoms with E-state index in [9.17, 15) is 9.90 Å². The Bertz CT molecular complexity index is 1860. The minimum absolute atomic E-state index is 0. The molecule has 0 bridgehead atoms. The molecule has 0 atom stereocenters. The van der Waals surface area contributed by atoms with Gasteiger partial charge in [-0.15, -0.1) is 40.5 Å². The molecule has 0 aliphatic rings. The van der Waals surface area contributed by atoms with Crippen LogP contribution in [0.15, 0.2) is 79.0 Å². The molecule has 263 valence electrons. The number of benzene rings is 2. The Kier molecular flexibility index (Phi) is 14.9. The second-order valence-electron chi connectivity index (χ2n) is 14.2. The number of carbonyl (C=O) groups excluding carboxylic acids is 1. The van der Waals surface area contributed by atoms with E-state index in [4.69, 9.17) is 4.98 Å². The van der Waals surface area contributed by atoms with Crippen molar-refractivity contribution in [1.29, 1.82) is 0 Å². The van der Waals surface area contributed by atoms with Gasteiger partial charge in [-0.25, -0.2) is 0 Å². The number of ketones is 1. The fourth-order valence-electron chi connectivity index (χ4n) is 6.26. The van der Waals surface area contributed by atoms with Crippen LogP contribution in [0.5, 0.6) is 0 Å². The zero-order valence-electron chi connectivity index (χ0n) is 30.7. The first-order valence-corrected chi connectivity index (χ1v) is 18.4. The van der Waals surface area contributed by atoms with Crippen molar-refractivity contribution < 1.29 is 30.0 Å². The fourth-order valence-corrected chi connectivity index (χ4v) is 7.53. The molecule has 3 heterocycles. The van der Waals surface area contributed by atoms with Gasteiger partial charge < -0.3 is 5.11 Å². The molecule has 1 N–H and O–H groups in total. The van der Waals surface area contributed by atoms with Crippen molar-refractivity contribution in [1.82, 2.24) is 9.97 Å². The molecule has 0 aliphatic heterocycles. The molecule has 1 radical (unpaired) electrons. The third-order valence-corrected chi connectivity index (χ3v) is 10.2. The second-order valence-corrected chi connectivity index (χ2v) is 15.4. The first-order chi connectivity index (χ1) is 22.9. The molecule has 0 fully saturated rings. The maximum absolute atomic E-state index is 11.7. The van der Waals surface area contributed by atoms with Crippen LogP contribution in [0.3, 0.4) is 0 Å². The summed E-state index contributed by atoms with van der Waals surface area (Å²) in [5.74, 6) is 1.19. The van der Waals surface area contributed by atoms with E-state index in [2.05, 4.69) is 94.2 Å². The van der Waals surface area contributed by atoms with Crippen LogP contribution >= 0.6 is 11.3 Å². The molecule has 2 aromatic carbocycles. The average molecular weight is 854 g/mol. The van der Waals surface area contributed by atoms with Crippen molar-refractivity contribution in [2.24, 2.45) is 17.8 Å². The summed E-state index contributed by atoms with van der Waals surface area (Å²) in [7, 11) is 0. The number of thiophene rings is 1. The number of fused-ring (bicyclic) bond motifs is 2. The SMILES string of the molecule is CC(C)Cc1cc2c(-c3ccnc(-c4[c-]c5ccccc5c(C(C)(C)C)c4)c3)cncc2s1.CCC(CC)C(=O)/C=C(\O)C(CC)CC.[Ir]. The molecule has 3 aromatic heterocycles. The number of aliphatic hydroxyl groups excluding tert-OH is 1. The number of allylic oxidation sites excluding steroid dienone is 2. The number of aliphatic hydroxyl groups is 1. The van der Waals surface area contributed by atoms with E-state index in [1.54, 1.807) is 0 Å². The van der Waals surface area contributed by atoms with Gasteiger partial charge in [0.05, 0.1) is 10.5 Å². The number of hydrogen-bond donors (Lipinski definition) is 1. The second kappa shape index (κ2) is 18.2. The van der Waals surface area contributed by atoms with Crippen LogP contribution in [0.1, 0.15) is 98.4 Å². The quantitative estimate of drug-likeness (QED) is 0.0817. The van der Waals surface area contributed by atoms with Crippen LogP contribution in [0.4, 0.5) is 0 Å². The molecule has 49 heavy (non-hydrogen) atoms. The molecule has 0 aliphatic carbocycles. The smallest absolute Gasteiger partial charge is 0.162 e. The summed E-state index contributed by atoms with van der Waals surface area (Å²) in [6, 6.07) is 21.0. The molecule has 0 saturated carbocycles. The van der Waals surface area contributed by atoms with Gasteiger partial charge in [0.1, 0.15) is 0 Å². The number of aromatic nitrogens is 2. The van der Waals surface area contributed by atoms with Gasteiger partial charge >= 0.3 is 0 Å². The number of hydrogen-bond acceptors (Lipinski definition) is 5. The van der Waals surface area contributed by atoms with E-state index >= 15 is 0 Å². The largest absolute Gasteiger partial charge is 0.512 e. The Morgan fingerprint density at radius 3 is 2.22 bits per heavy atom. The minimum Gasteiger partial charge on any atom is -0.512 e. The summed E-state index contributed by atoms with van der Waals surface area (Å²) in [6.07, 6.45) is 11.9. The third-order valence-electron chi connectivity index (χ3n) is 9.12. The van der Waals surface area contributed by atoms with Crippen LogP contribution in [0, 0.1) is 23.8 Å². The summed E-state index contributed by atoms with van der Waals surface area (Å²) in [6.45, 7) is 19.4. The van der Waals surface area contributed by atoms with Crippen molar-refractivity contribution in [2.75, 3.05) is 0 Å². The minimum atomic E-state index is 0. The van der Waals surface area contributed by atoms with Crippen molar-refractivity contribution >= 4 is 38.0 Å². The Morgan fingerprint density at radius 2 is 1.59 bits per heavy atom. The molecule has 0 amide bonds. The summed E-state index contributed by atoms with van der Waals surface area (Å²) >= 11 is 1.86. The Balaban J connectivity index is 0.000000347. The van der Waals surface area contributed by atoms with Gasteiger partial charge in [0.15, 0.2) is 5.78 Å². The topological polar surface area (TPSA) is 63.1 Å². The van der Waals surface area contributed by atoms with Gasteiger partial charge in [-0.3, -0.25) is 14.8 Å². The Morgan fingerprint density at radius 1 is 0.918 bits per heavy atom. The van der Waals surface area contributed by atoms with E-state index in [0.29, 0.717) is 5.92 Å². The third kappa shape index (κ3) is 10.2. The van der Waals surface area contributed by atoms with E-state index in [-0.39, 0.29) is 48.9 Å². The monoisotopic (exact) mass is 854 g/mol. The predicted octanol–water partition coefficient (Wildman–Crippen LogP) is 12.3. The number of rotatable bonds is 11. The fraction of sp³-hybridized carbons (Fsp3) is 0.419. The average Bonchev–Trinajstić information content (AvgIpc) is 3.47. The first kappa shape index (κ1) is 40.3. The summed E-state index contributed by atoms with van der Waals surface area (Å²) in [5, 5.41) is 13.4. The molecule has 5 rings (SSSR count). The number of nitrogens with zero attached hydrogens (tertiary/aromatic N) is 2. The van der Waals surface area contributed by atoms with Gasteiger partial charge in [0, 0.05) is 78.1 Å². The van der Waals surface area contributed by atoms with E-state index in [0.717, 1.165) is 54.3 Å². The maximum atomic E-state index is 11.7. The van der Waals surface area contributed by atoms with E-state index < -0.39 is 0 Å². The molecule has 4 nitrogen and oxygen atoms in total. The van der Waals surface area contributed by atoms with Crippen LogP contribution in [-0.4, -0.2) is 20.9 Å². The van der Waals surface area contributed by atoms with Gasteiger partial charge in [0.2, 0.25) is 0 Å². The molecular weight excluding hydrogens is 801 g/mol. The number of carbonyl (C=O) groups is 1. The molecular formula is C43H53IrN2O2S-. The van der Waals surface area contributed by atoms with Crippen molar-refractivity contribution in [3.63, 3.8) is 0 Å². The van der Waals surface area contributed by atoms with Crippen molar-refractivity contribution in [3.05, 3.63) is 95.5 Å². The van der Waals surface area contributed by atoms with E-state index in [1.807, 2.05) is 57.6 Å². The van der Waals surface area contributed by atoms with Crippen LogP contribution < -0.4 is 0 Å². The molecule has 6 heteroatoms. The van der Waals surface area contributed by atoms with E-state index in [1.165, 1.54) is 37.6 Å². The zero-order chi connectivity index (χ0) is 35.0. The normalized spacial score (nSPS) is 12.0. The van der Waals surface area contributed by atoms with Crippen molar-refractivity contribution in [2.45, 2.75) is 99.8 Å². The Hall–Kier alpha value is -3.18. The maximum Gasteiger partial charge on any atom is 0.162 e. The molecule has 0 unspecified atom stereocenters. The molecule has 5 aromatic rings. The van der Waals surface area contributed by atoms with Crippen molar-refractivity contribution in [3.8, 4) is 22.4 Å². The summed E-state index contributed by atoms with van der Waals surface area (Å²) in [4.78, 5) is 22.4. The first-order valence-electron chi connectivity index (χ1n) is 17.6. The zero-order valence-corrected chi connectivity index (χ0v) is 33.9.